The fourth-order valence-corrected chi connectivity index (χ4v) is 3.04. The first-order valence-corrected chi connectivity index (χ1v) is 11.0. The third kappa shape index (κ3) is 9.02. The monoisotopic (exact) mass is 499 g/mol. The molecule has 0 spiro atoms. The van der Waals surface area contributed by atoms with Crippen LogP contribution in [0.15, 0.2) is 66.7 Å². The van der Waals surface area contributed by atoms with Crippen molar-refractivity contribution in [3.8, 4) is 17.8 Å². The smallest absolute Gasteiger partial charge is 0.344 e. The Hall–Kier alpha value is -4.29. The van der Waals surface area contributed by atoms with Crippen LogP contribution in [0.2, 0.25) is 0 Å². The highest BCUT2D eigenvalue weighted by Crippen LogP contribution is 2.22. The highest BCUT2D eigenvalue weighted by molar-refractivity contribution is 5.98. The van der Waals surface area contributed by atoms with E-state index in [0.29, 0.717) is 11.1 Å². The van der Waals surface area contributed by atoms with Crippen LogP contribution in [0.4, 0.5) is 0 Å². The summed E-state index contributed by atoms with van der Waals surface area (Å²) in [4.78, 5) is 40.0. The zero-order valence-electron chi connectivity index (χ0n) is 20.0. The molecule has 37 heavy (non-hydrogen) atoms. The number of ether oxygens (including phenoxy) is 3. The summed E-state index contributed by atoms with van der Waals surface area (Å²) in [6, 6.07) is 18.8. The molecule has 0 saturated carbocycles. The van der Waals surface area contributed by atoms with Crippen molar-refractivity contribution in [2.45, 2.75) is 27.7 Å². The largest absolute Gasteiger partial charge is 0.404 e. The van der Waals surface area contributed by atoms with Crippen molar-refractivity contribution in [3.63, 3.8) is 0 Å². The Balaban J connectivity index is 0.000000753. The van der Waals surface area contributed by atoms with Gasteiger partial charge < -0.3 is 14.2 Å². The summed E-state index contributed by atoms with van der Waals surface area (Å²) in [5.74, 6) is -1.25. The zero-order valence-corrected chi connectivity index (χ0v) is 20.0. The van der Waals surface area contributed by atoms with Gasteiger partial charge in [-0.05, 0) is 49.6 Å². The van der Waals surface area contributed by atoms with E-state index >= 15 is 0 Å². The van der Waals surface area contributed by atoms with Gasteiger partial charge in [0.05, 0.1) is 11.1 Å². The second kappa shape index (κ2) is 15.0. The van der Waals surface area contributed by atoms with E-state index < -0.39 is 11.9 Å². The van der Waals surface area contributed by atoms with E-state index in [4.69, 9.17) is 14.2 Å². The number of rotatable bonds is 5. The van der Waals surface area contributed by atoms with Gasteiger partial charge in [-0.15, -0.1) is 0 Å². The fourth-order valence-electron chi connectivity index (χ4n) is 3.04. The van der Waals surface area contributed by atoms with Crippen LogP contribution < -0.4 is 9.47 Å². The van der Waals surface area contributed by atoms with Gasteiger partial charge in [-0.25, -0.2) is 9.59 Å². The van der Waals surface area contributed by atoms with Crippen LogP contribution in [-0.2, 0) is 4.74 Å². The lowest BCUT2D eigenvalue weighted by molar-refractivity contribution is 0.0717. The lowest BCUT2D eigenvalue weighted by Crippen LogP contribution is -2.13. The fraction of sp³-hybridized carbons (Fsp3) is 0.250. The molecule has 1 fully saturated rings. The first-order chi connectivity index (χ1) is 16.9. The summed E-state index contributed by atoms with van der Waals surface area (Å²) in [6.45, 7) is 5.57. The number of hydrogen-bond donors (Lipinski definition) is 0. The van der Waals surface area contributed by atoms with Crippen molar-refractivity contribution in [1.82, 2.24) is 4.98 Å². The van der Waals surface area contributed by atoms with E-state index in [9.17, 15) is 19.6 Å². The van der Waals surface area contributed by atoms with Crippen LogP contribution in [0.3, 0.4) is 0 Å². The number of ketones is 1. The zero-order chi connectivity index (χ0) is 25.2. The SMILES string of the molecule is C.CC(=O)c1cccc(C(=O)Oc2nc(OC(=O)c3ccccc3)ccc2C#N)c1.CC1CCOC1.[B]. The molecular formula is C28H28BN2O6. The third-order valence-electron chi connectivity index (χ3n) is 5.01. The Morgan fingerprint density at radius 1 is 0.946 bits per heavy atom. The molecule has 1 atom stereocenters. The van der Waals surface area contributed by atoms with E-state index in [1.807, 2.05) is 6.07 Å². The predicted molar refractivity (Wildman–Crippen MR) is 139 cm³/mol. The molecule has 1 aliphatic heterocycles. The highest BCUT2D eigenvalue weighted by atomic mass is 16.6. The van der Waals surface area contributed by atoms with E-state index in [0.717, 1.165) is 19.1 Å². The summed E-state index contributed by atoms with van der Waals surface area (Å²) >= 11 is 0. The average molecular weight is 499 g/mol. The van der Waals surface area contributed by atoms with Crippen molar-refractivity contribution >= 4 is 26.1 Å². The van der Waals surface area contributed by atoms with E-state index in [-0.39, 0.29) is 44.5 Å². The molecule has 189 valence electrons. The summed E-state index contributed by atoms with van der Waals surface area (Å²) in [5, 5.41) is 9.24. The van der Waals surface area contributed by atoms with Crippen molar-refractivity contribution in [2.75, 3.05) is 13.2 Å². The molecule has 3 radical (unpaired) electrons. The molecule has 0 bridgehead atoms. The maximum atomic E-state index is 12.4. The topological polar surface area (TPSA) is 116 Å². The molecule has 3 aromatic rings. The Kier molecular flexibility index (Phi) is 12.4. The van der Waals surface area contributed by atoms with Crippen molar-refractivity contribution in [1.29, 1.82) is 5.26 Å². The molecule has 4 rings (SSSR count). The number of nitriles is 1. The minimum absolute atomic E-state index is 0. The summed E-state index contributed by atoms with van der Waals surface area (Å²) in [6.07, 6.45) is 1.26. The number of aromatic nitrogens is 1. The second-order valence-corrected chi connectivity index (χ2v) is 7.86. The van der Waals surface area contributed by atoms with E-state index in [1.165, 1.54) is 37.6 Å². The third-order valence-corrected chi connectivity index (χ3v) is 5.01. The van der Waals surface area contributed by atoms with Gasteiger partial charge in [0.1, 0.15) is 11.6 Å². The number of pyridine rings is 1. The Morgan fingerprint density at radius 2 is 1.59 bits per heavy atom. The van der Waals surface area contributed by atoms with Crippen molar-refractivity contribution in [2.24, 2.45) is 5.92 Å². The van der Waals surface area contributed by atoms with Gasteiger partial charge in [-0.3, -0.25) is 4.79 Å². The molecule has 1 unspecified atom stereocenters. The number of hydrogen-bond acceptors (Lipinski definition) is 8. The molecular weight excluding hydrogens is 471 g/mol. The standard InChI is InChI=1S/C22H14N2O5.C5H10O.CH4.B/c1-14(25)16-8-5-9-17(12-16)22(27)29-20-18(13-23)10-11-19(24-20)28-21(26)15-6-3-2-4-7-15;1-5-2-3-6-4-5;;/h2-12H,1H3;5H,2-4H2,1H3;1H4;. The Morgan fingerprint density at radius 3 is 2.16 bits per heavy atom. The lowest BCUT2D eigenvalue weighted by Gasteiger charge is -2.08. The number of benzene rings is 2. The van der Waals surface area contributed by atoms with Crippen LogP contribution >= 0.6 is 0 Å². The van der Waals surface area contributed by atoms with Gasteiger partial charge in [0.2, 0.25) is 11.8 Å². The molecule has 2 heterocycles. The summed E-state index contributed by atoms with van der Waals surface area (Å²) in [5.41, 5.74) is 0.771. The lowest BCUT2D eigenvalue weighted by atomic mass is 10.1. The first kappa shape index (κ1) is 30.7. The molecule has 0 N–H and O–H groups in total. The molecule has 8 nitrogen and oxygen atoms in total. The van der Waals surface area contributed by atoms with Crippen LogP contribution in [-0.4, -0.2) is 44.3 Å². The molecule has 0 aliphatic carbocycles. The molecule has 1 saturated heterocycles. The van der Waals surface area contributed by atoms with Crippen LogP contribution in [0, 0.1) is 17.2 Å². The average Bonchev–Trinajstić information content (AvgIpc) is 3.36. The van der Waals surface area contributed by atoms with Crippen LogP contribution in [0.1, 0.15) is 64.3 Å². The number of Topliss-reactive ketones (excluding diaryl/α,β-unsaturated/α-hetero) is 1. The highest BCUT2D eigenvalue weighted by Gasteiger charge is 2.17. The summed E-state index contributed by atoms with van der Waals surface area (Å²) in [7, 11) is 0. The minimum atomic E-state index is -0.802. The predicted octanol–water partition coefficient (Wildman–Crippen LogP) is 4.89. The van der Waals surface area contributed by atoms with Crippen LogP contribution in [0.25, 0.3) is 0 Å². The first-order valence-electron chi connectivity index (χ1n) is 11.0. The minimum Gasteiger partial charge on any atom is -0.404 e. The van der Waals surface area contributed by atoms with Crippen molar-refractivity contribution in [3.05, 3.63) is 89.0 Å². The number of nitrogens with zero attached hydrogens (tertiary/aromatic N) is 2. The van der Waals surface area contributed by atoms with Gasteiger partial charge in [-0.2, -0.15) is 10.2 Å². The van der Waals surface area contributed by atoms with Gasteiger partial charge in [0, 0.05) is 33.3 Å². The number of carbonyl (C=O) groups excluding carboxylic acids is 3. The Labute approximate surface area is 218 Å². The normalized spacial score (nSPS) is 13.4. The molecule has 1 aliphatic rings. The van der Waals surface area contributed by atoms with E-state index in [2.05, 4.69) is 11.9 Å². The maximum Gasteiger partial charge on any atom is 0.344 e. The molecule has 2 aromatic carbocycles. The van der Waals surface area contributed by atoms with Crippen molar-refractivity contribution < 1.29 is 28.6 Å². The van der Waals surface area contributed by atoms with Gasteiger partial charge in [0.25, 0.3) is 0 Å². The van der Waals surface area contributed by atoms with Gasteiger partial charge >= 0.3 is 11.9 Å². The quantitative estimate of drug-likeness (QED) is 0.277. The molecule has 9 heteroatoms. The van der Waals surface area contributed by atoms with Crippen LogP contribution in [0.5, 0.6) is 11.8 Å². The molecule has 1 aromatic heterocycles. The number of esters is 2. The Bertz CT molecular complexity index is 1250. The van der Waals surface area contributed by atoms with Gasteiger partial charge in [0.15, 0.2) is 5.78 Å². The summed E-state index contributed by atoms with van der Waals surface area (Å²) < 4.78 is 15.4. The van der Waals surface area contributed by atoms with Gasteiger partial charge in [-0.1, -0.05) is 44.7 Å². The maximum absolute atomic E-state index is 12.4. The van der Waals surface area contributed by atoms with E-state index in [1.54, 1.807) is 42.5 Å². The number of carbonyl (C=O) groups is 3. The molecule has 0 amide bonds. The second-order valence-electron chi connectivity index (χ2n) is 7.86.